The number of hydrogen-bond acceptors (Lipinski definition) is 4. The van der Waals surface area contributed by atoms with Crippen molar-refractivity contribution in [3.63, 3.8) is 0 Å². The monoisotopic (exact) mass is 261 g/mol. The zero-order chi connectivity index (χ0) is 13.8. The summed E-state index contributed by atoms with van der Waals surface area (Å²) < 4.78 is 13.6. The van der Waals surface area contributed by atoms with E-state index in [0.717, 1.165) is 32.2 Å². The SMILES string of the molecule is C=C[C@@H](c1cc(C#N)cc(F)c1O)N1CCNCC1. The quantitative estimate of drug-likeness (QED) is 0.810. The molecule has 0 aliphatic carbocycles. The van der Waals surface area contributed by atoms with Crippen LogP contribution in [0.15, 0.2) is 24.8 Å². The smallest absolute Gasteiger partial charge is 0.166 e. The average molecular weight is 261 g/mol. The molecule has 0 bridgehead atoms. The Kier molecular flexibility index (Phi) is 4.15. The van der Waals surface area contributed by atoms with Crippen molar-refractivity contribution in [1.82, 2.24) is 10.2 Å². The highest BCUT2D eigenvalue weighted by molar-refractivity contribution is 5.45. The van der Waals surface area contributed by atoms with Gasteiger partial charge in [-0.25, -0.2) is 4.39 Å². The molecule has 0 radical (unpaired) electrons. The van der Waals surface area contributed by atoms with E-state index in [4.69, 9.17) is 5.26 Å². The second kappa shape index (κ2) is 5.83. The minimum Gasteiger partial charge on any atom is -0.505 e. The zero-order valence-corrected chi connectivity index (χ0v) is 10.6. The number of piperazine rings is 1. The molecular formula is C14H16FN3O. The fraction of sp³-hybridized carbons (Fsp3) is 0.357. The first-order valence-electron chi connectivity index (χ1n) is 6.17. The highest BCUT2D eigenvalue weighted by Gasteiger charge is 2.24. The Balaban J connectivity index is 2.39. The molecule has 1 aromatic rings. The van der Waals surface area contributed by atoms with E-state index in [2.05, 4.69) is 16.8 Å². The molecular weight excluding hydrogens is 245 g/mol. The van der Waals surface area contributed by atoms with Gasteiger partial charge in [0.1, 0.15) is 0 Å². The predicted octanol–water partition coefficient (Wildman–Crippen LogP) is 1.54. The van der Waals surface area contributed by atoms with Crippen molar-refractivity contribution in [2.24, 2.45) is 0 Å². The largest absolute Gasteiger partial charge is 0.505 e. The molecule has 1 fully saturated rings. The number of aromatic hydroxyl groups is 1. The van der Waals surface area contributed by atoms with E-state index in [1.54, 1.807) is 6.08 Å². The maximum Gasteiger partial charge on any atom is 0.166 e. The third-order valence-corrected chi connectivity index (χ3v) is 3.31. The van der Waals surface area contributed by atoms with Crippen molar-refractivity contribution in [2.75, 3.05) is 26.2 Å². The van der Waals surface area contributed by atoms with E-state index in [1.807, 2.05) is 6.07 Å². The van der Waals surface area contributed by atoms with Crippen LogP contribution >= 0.6 is 0 Å². The van der Waals surface area contributed by atoms with Crippen LogP contribution in [0.1, 0.15) is 17.2 Å². The summed E-state index contributed by atoms with van der Waals surface area (Å²) in [4.78, 5) is 2.10. The van der Waals surface area contributed by atoms with Gasteiger partial charge in [0.05, 0.1) is 17.7 Å². The van der Waals surface area contributed by atoms with E-state index < -0.39 is 11.6 Å². The van der Waals surface area contributed by atoms with Crippen LogP contribution in [0, 0.1) is 17.1 Å². The highest BCUT2D eigenvalue weighted by atomic mass is 19.1. The first-order valence-corrected chi connectivity index (χ1v) is 6.17. The molecule has 1 aliphatic rings. The molecule has 4 nitrogen and oxygen atoms in total. The average Bonchev–Trinajstić information content (AvgIpc) is 2.45. The number of benzene rings is 1. The summed E-state index contributed by atoms with van der Waals surface area (Å²) in [5, 5.41) is 22.0. The number of halogens is 1. The molecule has 1 heterocycles. The van der Waals surface area contributed by atoms with Gasteiger partial charge in [-0.2, -0.15) is 5.26 Å². The lowest BCUT2D eigenvalue weighted by Crippen LogP contribution is -2.44. The second-order valence-electron chi connectivity index (χ2n) is 4.47. The van der Waals surface area contributed by atoms with Gasteiger partial charge in [-0.1, -0.05) is 6.08 Å². The molecule has 1 atom stereocenters. The fourth-order valence-corrected chi connectivity index (χ4v) is 2.34. The molecule has 1 aromatic carbocycles. The molecule has 1 aliphatic heterocycles. The molecule has 0 amide bonds. The summed E-state index contributed by atoms with van der Waals surface area (Å²) in [5.74, 6) is -1.17. The Bertz CT molecular complexity index is 518. The minimum atomic E-state index is -0.768. The number of hydrogen-bond donors (Lipinski definition) is 2. The molecule has 2 N–H and O–H groups in total. The molecule has 0 unspecified atom stereocenters. The first kappa shape index (κ1) is 13.5. The van der Waals surface area contributed by atoms with Crippen LogP contribution in [0.3, 0.4) is 0 Å². The topological polar surface area (TPSA) is 59.3 Å². The number of phenols is 1. The van der Waals surface area contributed by atoms with Gasteiger partial charge in [-0.3, -0.25) is 4.90 Å². The van der Waals surface area contributed by atoms with Crippen molar-refractivity contribution in [3.8, 4) is 11.8 Å². The lowest BCUT2D eigenvalue weighted by molar-refractivity contribution is 0.200. The second-order valence-corrected chi connectivity index (χ2v) is 4.47. The van der Waals surface area contributed by atoms with Crippen LogP contribution in [0.5, 0.6) is 5.75 Å². The molecule has 0 saturated carbocycles. The minimum absolute atomic E-state index is 0.201. The number of nitrogens with one attached hydrogen (secondary N) is 1. The molecule has 5 heteroatoms. The summed E-state index contributed by atoms with van der Waals surface area (Å²) in [6.45, 7) is 7.01. The fourth-order valence-electron chi connectivity index (χ4n) is 2.34. The van der Waals surface area contributed by atoms with Crippen molar-refractivity contribution < 1.29 is 9.50 Å². The molecule has 1 saturated heterocycles. The third-order valence-electron chi connectivity index (χ3n) is 3.31. The van der Waals surface area contributed by atoms with Gasteiger partial charge in [-0.05, 0) is 12.1 Å². The van der Waals surface area contributed by atoms with Crippen molar-refractivity contribution >= 4 is 0 Å². The molecule has 19 heavy (non-hydrogen) atoms. The van der Waals surface area contributed by atoms with E-state index in [-0.39, 0.29) is 11.6 Å². The maximum absolute atomic E-state index is 13.6. The van der Waals surface area contributed by atoms with E-state index in [9.17, 15) is 9.50 Å². The van der Waals surface area contributed by atoms with Crippen molar-refractivity contribution in [3.05, 3.63) is 41.7 Å². The van der Waals surface area contributed by atoms with E-state index in [1.165, 1.54) is 6.07 Å². The normalized spacial score (nSPS) is 17.7. The summed E-state index contributed by atoms with van der Waals surface area (Å²) in [5.41, 5.74) is 0.598. The van der Waals surface area contributed by atoms with Gasteiger partial charge in [0, 0.05) is 31.7 Å². The van der Waals surface area contributed by atoms with E-state index >= 15 is 0 Å². The zero-order valence-electron chi connectivity index (χ0n) is 10.6. The lowest BCUT2D eigenvalue weighted by atomic mass is 10.0. The van der Waals surface area contributed by atoms with Gasteiger partial charge in [-0.15, -0.1) is 6.58 Å². The Morgan fingerprint density at radius 2 is 2.16 bits per heavy atom. The van der Waals surface area contributed by atoms with Crippen LogP contribution < -0.4 is 5.32 Å². The maximum atomic E-state index is 13.6. The third kappa shape index (κ3) is 2.75. The standard InChI is InChI=1S/C14H16FN3O/c1-2-13(18-5-3-17-4-6-18)11-7-10(9-16)8-12(15)14(11)19/h2,7-8,13,17,19H,1,3-6H2/t13-/m0/s1. The molecule has 0 aromatic heterocycles. The lowest BCUT2D eigenvalue weighted by Gasteiger charge is -2.33. The summed E-state index contributed by atoms with van der Waals surface area (Å²) in [7, 11) is 0. The van der Waals surface area contributed by atoms with Gasteiger partial charge in [0.25, 0.3) is 0 Å². The molecule has 100 valence electrons. The predicted molar refractivity (Wildman–Crippen MR) is 70.2 cm³/mol. The van der Waals surface area contributed by atoms with Gasteiger partial charge in [0.15, 0.2) is 11.6 Å². The number of nitriles is 1. The van der Waals surface area contributed by atoms with Crippen LogP contribution in [0.4, 0.5) is 4.39 Å². The Morgan fingerprint density at radius 3 is 2.74 bits per heavy atom. The highest BCUT2D eigenvalue weighted by Crippen LogP contribution is 2.32. The summed E-state index contributed by atoms with van der Waals surface area (Å²) in [6.07, 6.45) is 1.67. The van der Waals surface area contributed by atoms with Crippen LogP contribution in [0.25, 0.3) is 0 Å². The number of nitrogens with zero attached hydrogens (tertiary/aromatic N) is 2. The van der Waals surface area contributed by atoms with Crippen LogP contribution in [-0.4, -0.2) is 36.2 Å². The van der Waals surface area contributed by atoms with Crippen LogP contribution in [0.2, 0.25) is 0 Å². The van der Waals surface area contributed by atoms with E-state index in [0.29, 0.717) is 5.56 Å². The molecule has 0 spiro atoms. The van der Waals surface area contributed by atoms with Crippen molar-refractivity contribution in [1.29, 1.82) is 5.26 Å². The van der Waals surface area contributed by atoms with Gasteiger partial charge < -0.3 is 10.4 Å². The Hall–Kier alpha value is -1.90. The number of phenolic OH excluding ortho intramolecular Hbond substituents is 1. The first-order chi connectivity index (χ1) is 9.17. The summed E-state index contributed by atoms with van der Waals surface area (Å²) >= 11 is 0. The van der Waals surface area contributed by atoms with Gasteiger partial charge in [0.2, 0.25) is 0 Å². The molecule has 2 rings (SSSR count). The Morgan fingerprint density at radius 1 is 1.47 bits per heavy atom. The summed E-state index contributed by atoms with van der Waals surface area (Å²) in [6, 6.07) is 4.17. The van der Waals surface area contributed by atoms with Crippen LogP contribution in [-0.2, 0) is 0 Å². The number of rotatable bonds is 3. The van der Waals surface area contributed by atoms with Crippen molar-refractivity contribution in [2.45, 2.75) is 6.04 Å². The van der Waals surface area contributed by atoms with Gasteiger partial charge >= 0.3 is 0 Å². The Labute approximate surface area is 111 Å².